The van der Waals surface area contributed by atoms with Crippen LogP contribution in [-0.4, -0.2) is 41.6 Å². The molecular formula is C47H49FN4O5S. The first-order valence-electron chi connectivity index (χ1n) is 19.1. The quantitative estimate of drug-likeness (QED) is 0.118. The van der Waals surface area contributed by atoms with Gasteiger partial charge in [0.05, 0.1) is 26.7 Å². The molecule has 0 fully saturated rings. The van der Waals surface area contributed by atoms with Gasteiger partial charge in [0.15, 0.2) is 6.17 Å². The maximum Gasteiger partial charge on any atom is 0.297 e. The van der Waals surface area contributed by atoms with Crippen LogP contribution >= 0.6 is 0 Å². The van der Waals surface area contributed by atoms with Gasteiger partial charge in [-0.3, -0.25) is 4.18 Å². The lowest BCUT2D eigenvalue weighted by molar-refractivity contribution is 0.133. The Morgan fingerprint density at radius 3 is 1.50 bits per heavy atom. The molecular weight excluding hydrogens is 751 g/mol. The zero-order valence-electron chi connectivity index (χ0n) is 33.9. The Labute approximate surface area is 340 Å². The van der Waals surface area contributed by atoms with Gasteiger partial charge in [0.2, 0.25) is 11.8 Å². The van der Waals surface area contributed by atoms with Crippen molar-refractivity contribution in [3.63, 3.8) is 0 Å². The molecule has 0 aliphatic rings. The van der Waals surface area contributed by atoms with Crippen molar-refractivity contribution in [2.24, 2.45) is 0 Å². The summed E-state index contributed by atoms with van der Waals surface area (Å²) >= 11 is 0. The Morgan fingerprint density at radius 2 is 1.02 bits per heavy atom. The maximum absolute atomic E-state index is 14.5. The standard InChI is InChI=1S/C27H28N2O4S.C20H21FN2O/c1-19-9-15-22(16-10-19)34(30,31)33-25(20-11-13-21(14-12-20)27(2,3)4)17-32-26-23-7-5-6-8-24(23)28-18-29-26;1-20(2,3)15-10-8-14(9-11-15)17(21)12-24-19-16-6-4-5-7-18(16)22-13-23-19/h5-16,18,25H,17H2,1-4H3;4-11,13,17H,12H2,1-3H3/i;21-1. The number of para-hydroxylation sites is 2. The van der Waals surface area contributed by atoms with Crippen molar-refractivity contribution in [2.45, 2.75) is 76.5 Å². The second-order valence-electron chi connectivity index (χ2n) is 16.1. The fraction of sp³-hybridized carbons (Fsp3) is 0.277. The molecule has 7 aromatic rings. The number of fused-ring (bicyclic) bond motifs is 2. The minimum atomic E-state index is -4.02. The lowest BCUT2D eigenvalue weighted by Gasteiger charge is -2.22. The summed E-state index contributed by atoms with van der Waals surface area (Å²) in [7, 11) is -4.02. The minimum absolute atomic E-state index is 0.0285. The Bertz CT molecular complexity index is 2540. The molecule has 0 aliphatic heterocycles. The zero-order chi connectivity index (χ0) is 41.5. The van der Waals surface area contributed by atoms with Gasteiger partial charge in [-0.2, -0.15) is 8.42 Å². The highest BCUT2D eigenvalue weighted by molar-refractivity contribution is 7.86. The Balaban J connectivity index is 0.000000208. The number of hydrogen-bond acceptors (Lipinski definition) is 9. The van der Waals surface area contributed by atoms with E-state index in [0.29, 0.717) is 22.9 Å². The largest absolute Gasteiger partial charge is 0.474 e. The average molecular weight is 800 g/mol. The third-order valence-electron chi connectivity index (χ3n) is 9.59. The molecule has 2 aromatic heterocycles. The van der Waals surface area contributed by atoms with Gasteiger partial charge >= 0.3 is 0 Å². The molecule has 0 saturated heterocycles. The summed E-state index contributed by atoms with van der Waals surface area (Å²) in [5.41, 5.74) is 6.15. The Hall–Kier alpha value is -5.78. The molecule has 300 valence electrons. The van der Waals surface area contributed by atoms with Crippen LogP contribution in [-0.2, 0) is 25.1 Å². The van der Waals surface area contributed by atoms with Crippen LogP contribution in [0.4, 0.5) is 4.39 Å². The second-order valence-corrected chi connectivity index (χ2v) is 17.6. The first kappa shape index (κ1) is 41.8. The van der Waals surface area contributed by atoms with Crippen LogP contribution in [0.3, 0.4) is 0 Å². The number of hydrogen-bond donors (Lipinski definition) is 0. The molecule has 0 amide bonds. The van der Waals surface area contributed by atoms with Crippen molar-refractivity contribution in [1.82, 2.24) is 19.9 Å². The van der Waals surface area contributed by atoms with Gasteiger partial charge in [-0.25, -0.2) is 24.3 Å². The predicted molar refractivity (Wildman–Crippen MR) is 226 cm³/mol. The first-order chi connectivity index (χ1) is 27.6. The number of halogens is 1. The van der Waals surface area contributed by atoms with Crippen LogP contribution in [0.5, 0.6) is 11.8 Å². The molecule has 0 spiro atoms. The highest BCUT2D eigenvalue weighted by Gasteiger charge is 2.26. The summed E-state index contributed by atoms with van der Waals surface area (Å²) < 4.78 is 57.9. The van der Waals surface area contributed by atoms with Crippen molar-refractivity contribution in [3.8, 4) is 11.8 Å². The van der Waals surface area contributed by atoms with Gasteiger partial charge in [0, 0.05) is 0 Å². The van der Waals surface area contributed by atoms with E-state index in [1.807, 2.05) is 104 Å². The number of aryl methyl sites for hydroxylation is 1. The van der Waals surface area contributed by atoms with Gasteiger partial charge in [-0.1, -0.05) is 132 Å². The number of ether oxygens (including phenoxy) is 2. The number of alkyl halides is 1. The molecule has 2 heterocycles. The summed E-state index contributed by atoms with van der Waals surface area (Å²) in [6, 6.07) is 36.9. The number of benzene rings is 5. The number of rotatable bonds is 11. The first-order valence-corrected chi connectivity index (χ1v) is 20.5. The van der Waals surface area contributed by atoms with Gasteiger partial charge in [-0.05, 0) is 76.4 Å². The van der Waals surface area contributed by atoms with E-state index in [1.165, 1.54) is 18.2 Å². The molecule has 0 N–H and O–H groups in total. The highest BCUT2D eigenvalue weighted by atomic mass is 32.2. The summed E-state index contributed by atoms with van der Waals surface area (Å²) in [5.74, 6) is 0.785. The van der Waals surface area contributed by atoms with Crippen LogP contribution in [0.1, 0.15) is 81.6 Å². The van der Waals surface area contributed by atoms with Crippen LogP contribution in [0.2, 0.25) is 0 Å². The summed E-state index contributed by atoms with van der Waals surface area (Å²) in [5, 5.41) is 1.53. The summed E-state index contributed by atoms with van der Waals surface area (Å²) in [4.78, 5) is 16.9. The fourth-order valence-electron chi connectivity index (χ4n) is 6.08. The number of aromatic nitrogens is 4. The smallest absolute Gasteiger partial charge is 0.297 e. The molecule has 2 unspecified atom stereocenters. The second kappa shape index (κ2) is 17.8. The van der Waals surface area contributed by atoms with E-state index in [4.69, 9.17) is 13.7 Å². The van der Waals surface area contributed by atoms with E-state index in [9.17, 15) is 12.8 Å². The monoisotopic (exact) mass is 799 g/mol. The van der Waals surface area contributed by atoms with E-state index in [0.717, 1.165) is 32.9 Å². The molecule has 0 aliphatic carbocycles. The molecule has 9 nitrogen and oxygen atoms in total. The van der Waals surface area contributed by atoms with Crippen molar-refractivity contribution >= 4 is 31.9 Å². The highest BCUT2D eigenvalue weighted by Crippen LogP contribution is 2.31. The van der Waals surface area contributed by atoms with Crippen LogP contribution in [0, 0.1) is 6.92 Å². The summed E-state index contributed by atoms with van der Waals surface area (Å²) in [6.07, 6.45) is 0.791. The average Bonchev–Trinajstić information content (AvgIpc) is 3.21. The van der Waals surface area contributed by atoms with E-state index >= 15 is 0 Å². The van der Waals surface area contributed by atoms with E-state index in [2.05, 4.69) is 61.5 Å². The lowest BCUT2D eigenvalue weighted by atomic mass is 9.86. The SMILES string of the molecule is CC(C)(C)c1ccc(C([18F])COc2ncnc3ccccc23)cc1.Cc1ccc(S(=O)(=O)OC(COc2ncnc3ccccc23)c2ccc(C(C)(C)C)cc2)cc1. The summed E-state index contributed by atoms with van der Waals surface area (Å²) in [6.45, 7) is 14.6. The van der Waals surface area contributed by atoms with E-state index < -0.39 is 22.4 Å². The maximum atomic E-state index is 14.5. The third-order valence-corrected chi connectivity index (χ3v) is 10.9. The minimum Gasteiger partial charge on any atom is -0.474 e. The molecule has 0 radical (unpaired) electrons. The fourth-order valence-corrected chi connectivity index (χ4v) is 7.13. The molecule has 0 bridgehead atoms. The van der Waals surface area contributed by atoms with Gasteiger partial charge in [-0.15, -0.1) is 0 Å². The van der Waals surface area contributed by atoms with Crippen LogP contribution in [0.15, 0.2) is 139 Å². The van der Waals surface area contributed by atoms with Crippen molar-refractivity contribution in [2.75, 3.05) is 13.2 Å². The lowest BCUT2D eigenvalue weighted by Crippen LogP contribution is -2.19. The molecule has 58 heavy (non-hydrogen) atoms. The third kappa shape index (κ3) is 10.6. The zero-order valence-corrected chi connectivity index (χ0v) is 34.7. The molecule has 11 heteroatoms. The van der Waals surface area contributed by atoms with Gasteiger partial charge < -0.3 is 9.47 Å². The normalized spacial score (nSPS) is 13.0. The number of nitrogens with zero attached hydrogens (tertiary/aromatic N) is 4. The topological polar surface area (TPSA) is 113 Å². The van der Waals surface area contributed by atoms with E-state index in [-0.39, 0.29) is 28.9 Å². The molecule has 0 saturated carbocycles. The Morgan fingerprint density at radius 1 is 0.569 bits per heavy atom. The van der Waals surface area contributed by atoms with Gasteiger partial charge in [0.1, 0.15) is 32.0 Å². The van der Waals surface area contributed by atoms with Crippen molar-refractivity contribution in [1.29, 1.82) is 0 Å². The van der Waals surface area contributed by atoms with Crippen molar-refractivity contribution < 1.29 is 26.5 Å². The molecule has 5 aromatic carbocycles. The van der Waals surface area contributed by atoms with Gasteiger partial charge in [0.25, 0.3) is 10.1 Å². The van der Waals surface area contributed by atoms with Crippen LogP contribution in [0.25, 0.3) is 21.8 Å². The Kier molecular flexibility index (Phi) is 12.8. The predicted octanol–water partition coefficient (Wildman–Crippen LogP) is 10.8. The van der Waals surface area contributed by atoms with E-state index in [1.54, 1.807) is 24.3 Å². The van der Waals surface area contributed by atoms with Crippen LogP contribution < -0.4 is 9.47 Å². The molecule has 7 rings (SSSR count). The van der Waals surface area contributed by atoms with Crippen molar-refractivity contribution in [3.05, 3.63) is 162 Å². The molecule has 2 atom stereocenters.